The molecule has 0 N–H and O–H groups in total. The Labute approximate surface area is 200 Å². The number of hydrogen-bond donors (Lipinski definition) is 0. The molecule has 2 fully saturated rings. The van der Waals surface area contributed by atoms with Crippen LogP contribution in [-0.2, 0) is 5.75 Å². The number of rotatable bonds is 6. The largest absolute Gasteiger partial charge is 0.490 e. The molecule has 2 unspecified atom stereocenters. The first-order valence-corrected chi connectivity index (χ1v) is 13.0. The van der Waals surface area contributed by atoms with E-state index in [1.807, 2.05) is 42.5 Å². The minimum absolute atomic E-state index is 0.103. The molecule has 0 aliphatic carbocycles. The van der Waals surface area contributed by atoms with Crippen LogP contribution in [0.1, 0.15) is 41.6 Å². The molecule has 2 bridgehead atoms. The van der Waals surface area contributed by atoms with Crippen LogP contribution in [0.25, 0.3) is 0 Å². The Morgan fingerprint density at radius 2 is 1.88 bits per heavy atom. The Bertz CT molecular complexity index is 1130. The summed E-state index contributed by atoms with van der Waals surface area (Å²) >= 11 is 3.20. The third-order valence-electron chi connectivity index (χ3n) is 6.47. The second-order valence-corrected chi connectivity index (χ2v) is 10.6. The van der Waals surface area contributed by atoms with E-state index in [0.29, 0.717) is 0 Å². The average Bonchev–Trinajstić information content (AvgIpc) is 3.57. The maximum atomic E-state index is 13.3. The van der Waals surface area contributed by atoms with Crippen LogP contribution in [0.15, 0.2) is 52.3 Å². The van der Waals surface area contributed by atoms with Crippen molar-refractivity contribution < 1.29 is 19.0 Å². The normalized spacial score (nSPS) is 23.0. The van der Waals surface area contributed by atoms with Gasteiger partial charge in [-0.1, -0.05) is 35.2 Å². The van der Waals surface area contributed by atoms with Crippen LogP contribution in [0, 0.1) is 0 Å². The highest BCUT2D eigenvalue weighted by Gasteiger charge is 2.44. The first-order valence-electron chi connectivity index (χ1n) is 11.1. The third-order valence-corrected chi connectivity index (χ3v) is 8.41. The Kier molecular flexibility index (Phi) is 5.59. The van der Waals surface area contributed by atoms with E-state index in [9.17, 15) is 4.79 Å². The quantitative estimate of drug-likeness (QED) is 0.470. The highest BCUT2D eigenvalue weighted by molar-refractivity contribution is 8.00. The lowest BCUT2D eigenvalue weighted by Gasteiger charge is -2.39. The zero-order chi connectivity index (χ0) is 22.2. The Hall–Kier alpha value is -2.78. The van der Waals surface area contributed by atoms with Crippen molar-refractivity contribution in [2.75, 3.05) is 6.79 Å². The zero-order valence-electron chi connectivity index (χ0n) is 17.9. The SMILES string of the molecule is O=C(c1ccc(CSc2nncs2)cc1)N1C2CCC1CC(Oc1ccc3c(c1)OCO3)C2. The highest BCUT2D eigenvalue weighted by Crippen LogP contribution is 2.40. The van der Waals surface area contributed by atoms with Gasteiger partial charge in [0.15, 0.2) is 15.8 Å². The molecule has 4 heterocycles. The van der Waals surface area contributed by atoms with Gasteiger partial charge in [0, 0.05) is 42.3 Å². The van der Waals surface area contributed by atoms with E-state index in [1.165, 1.54) is 16.9 Å². The third kappa shape index (κ3) is 4.27. The number of carbonyl (C=O) groups excluding carboxylic acids is 1. The van der Waals surface area contributed by atoms with Gasteiger partial charge in [0.1, 0.15) is 17.4 Å². The molecule has 3 aliphatic rings. The van der Waals surface area contributed by atoms with Crippen molar-refractivity contribution in [3.63, 3.8) is 0 Å². The smallest absolute Gasteiger partial charge is 0.254 e. The Morgan fingerprint density at radius 3 is 2.64 bits per heavy atom. The minimum Gasteiger partial charge on any atom is -0.490 e. The Morgan fingerprint density at radius 1 is 1.09 bits per heavy atom. The van der Waals surface area contributed by atoms with Crippen molar-refractivity contribution in [1.29, 1.82) is 0 Å². The van der Waals surface area contributed by atoms with Crippen LogP contribution in [0.4, 0.5) is 0 Å². The van der Waals surface area contributed by atoms with E-state index in [4.69, 9.17) is 14.2 Å². The summed E-state index contributed by atoms with van der Waals surface area (Å²) in [5, 5.41) is 7.92. The molecule has 0 radical (unpaired) electrons. The van der Waals surface area contributed by atoms with E-state index in [-0.39, 0.29) is 30.9 Å². The zero-order valence-corrected chi connectivity index (χ0v) is 19.5. The number of nitrogens with zero attached hydrogens (tertiary/aromatic N) is 3. The summed E-state index contributed by atoms with van der Waals surface area (Å²) in [6, 6.07) is 14.1. The maximum absolute atomic E-state index is 13.3. The van der Waals surface area contributed by atoms with Crippen LogP contribution >= 0.6 is 23.1 Å². The summed E-state index contributed by atoms with van der Waals surface area (Å²) < 4.78 is 18.1. The van der Waals surface area contributed by atoms with Gasteiger partial charge in [0.05, 0.1) is 0 Å². The lowest BCUT2D eigenvalue weighted by molar-refractivity contribution is 0.0358. The van der Waals surface area contributed by atoms with Crippen LogP contribution in [0.3, 0.4) is 0 Å². The summed E-state index contributed by atoms with van der Waals surface area (Å²) in [6.07, 6.45) is 3.88. The summed E-state index contributed by atoms with van der Waals surface area (Å²) in [5.41, 5.74) is 3.67. The molecule has 7 nitrogen and oxygen atoms in total. The highest BCUT2D eigenvalue weighted by atomic mass is 32.2. The predicted molar refractivity (Wildman–Crippen MR) is 125 cm³/mol. The van der Waals surface area contributed by atoms with Crippen molar-refractivity contribution >= 4 is 29.0 Å². The number of hydrogen-bond acceptors (Lipinski definition) is 8. The molecular formula is C24H23N3O4S2. The molecule has 170 valence electrons. The summed E-state index contributed by atoms with van der Waals surface area (Å²) in [4.78, 5) is 15.4. The van der Waals surface area contributed by atoms with Crippen LogP contribution in [-0.4, -0.2) is 46.0 Å². The van der Waals surface area contributed by atoms with Crippen molar-refractivity contribution in [2.45, 2.75) is 54.0 Å². The summed E-state index contributed by atoms with van der Waals surface area (Å²) in [7, 11) is 0. The van der Waals surface area contributed by atoms with Gasteiger partial charge in [-0.25, -0.2) is 0 Å². The molecular weight excluding hydrogens is 458 g/mol. The van der Waals surface area contributed by atoms with Gasteiger partial charge < -0.3 is 19.1 Å². The monoisotopic (exact) mass is 481 g/mol. The second-order valence-electron chi connectivity index (χ2n) is 8.51. The number of benzene rings is 2. The van der Waals surface area contributed by atoms with Gasteiger partial charge in [-0.15, -0.1) is 10.2 Å². The van der Waals surface area contributed by atoms with Gasteiger partial charge in [-0.3, -0.25) is 4.79 Å². The first-order chi connectivity index (χ1) is 16.2. The molecule has 0 saturated carbocycles. The van der Waals surface area contributed by atoms with Crippen molar-refractivity contribution in [3.05, 3.63) is 59.1 Å². The van der Waals surface area contributed by atoms with Gasteiger partial charge in [-0.05, 0) is 42.7 Å². The lowest BCUT2D eigenvalue weighted by atomic mass is 9.98. The van der Waals surface area contributed by atoms with E-state index >= 15 is 0 Å². The van der Waals surface area contributed by atoms with Crippen molar-refractivity contribution in [2.24, 2.45) is 0 Å². The van der Waals surface area contributed by atoms with Crippen LogP contribution < -0.4 is 14.2 Å². The van der Waals surface area contributed by atoms with Crippen LogP contribution in [0.5, 0.6) is 17.2 Å². The molecule has 6 rings (SSSR count). The molecule has 1 amide bonds. The van der Waals surface area contributed by atoms with E-state index < -0.39 is 0 Å². The molecule has 0 spiro atoms. The molecule has 2 aromatic carbocycles. The predicted octanol–water partition coefficient (Wildman–Crippen LogP) is 4.77. The van der Waals surface area contributed by atoms with E-state index in [2.05, 4.69) is 15.1 Å². The number of carbonyl (C=O) groups is 1. The lowest BCUT2D eigenvalue weighted by Crippen LogP contribution is -2.49. The molecule has 33 heavy (non-hydrogen) atoms. The minimum atomic E-state index is 0.103. The molecule has 3 aromatic rings. The van der Waals surface area contributed by atoms with E-state index in [0.717, 1.165) is 58.6 Å². The van der Waals surface area contributed by atoms with Gasteiger partial charge in [0.25, 0.3) is 5.91 Å². The topological polar surface area (TPSA) is 73.8 Å². The molecule has 2 saturated heterocycles. The number of amides is 1. The van der Waals surface area contributed by atoms with Crippen molar-refractivity contribution in [1.82, 2.24) is 15.1 Å². The number of ether oxygens (including phenoxy) is 3. The maximum Gasteiger partial charge on any atom is 0.254 e. The number of piperidine rings is 1. The van der Waals surface area contributed by atoms with Gasteiger partial charge >= 0.3 is 0 Å². The summed E-state index contributed by atoms with van der Waals surface area (Å²) in [5.74, 6) is 3.23. The number of aromatic nitrogens is 2. The number of fused-ring (bicyclic) bond motifs is 3. The fourth-order valence-corrected chi connectivity index (χ4v) is 6.41. The first kappa shape index (κ1) is 20.8. The molecule has 2 atom stereocenters. The Balaban J connectivity index is 1.08. The van der Waals surface area contributed by atoms with Gasteiger partial charge in [-0.2, -0.15) is 0 Å². The van der Waals surface area contributed by atoms with Gasteiger partial charge in [0.2, 0.25) is 6.79 Å². The number of thioether (sulfide) groups is 1. The standard InChI is InChI=1S/C24H23N3O4S2/c28-23(16-3-1-15(2-4-16)12-32-24-26-25-13-33-24)27-17-5-6-18(27)10-20(9-17)31-19-7-8-21-22(11-19)30-14-29-21/h1-4,7-8,11,13,17-18,20H,5-6,9-10,12,14H2. The fourth-order valence-electron chi connectivity index (χ4n) is 4.96. The molecule has 3 aliphatic heterocycles. The van der Waals surface area contributed by atoms with E-state index in [1.54, 1.807) is 17.3 Å². The summed E-state index contributed by atoms with van der Waals surface area (Å²) in [6.45, 7) is 0.257. The van der Waals surface area contributed by atoms with Crippen molar-refractivity contribution in [3.8, 4) is 17.2 Å². The molecule has 1 aromatic heterocycles. The second kappa shape index (κ2) is 8.87. The molecule has 9 heteroatoms. The fraction of sp³-hybridized carbons (Fsp3) is 0.375. The van der Waals surface area contributed by atoms with Crippen LogP contribution in [0.2, 0.25) is 0 Å². The average molecular weight is 482 g/mol.